The summed E-state index contributed by atoms with van der Waals surface area (Å²) in [6.45, 7) is 0.671. The normalized spacial score (nSPS) is 13.8. The Bertz CT molecular complexity index is 997. The predicted molar refractivity (Wildman–Crippen MR) is 79.1 cm³/mol. The smallest absolute Gasteiger partial charge is 0.339 e. The lowest BCUT2D eigenvalue weighted by atomic mass is 10.00. The molecule has 0 saturated carbocycles. The summed E-state index contributed by atoms with van der Waals surface area (Å²) < 4.78 is 12.3. The number of fused-ring (bicyclic) bond motifs is 2. The van der Waals surface area contributed by atoms with Gasteiger partial charge in [0.1, 0.15) is 11.1 Å². The number of aryl methyl sites for hydroxylation is 2. The van der Waals surface area contributed by atoms with Gasteiger partial charge in [-0.2, -0.15) is 0 Å². The molecule has 0 radical (unpaired) electrons. The zero-order chi connectivity index (χ0) is 14.6. The highest BCUT2D eigenvalue weighted by molar-refractivity contribution is 6.05. The lowest BCUT2D eigenvalue weighted by molar-refractivity contribution is 0.412. The van der Waals surface area contributed by atoms with Crippen molar-refractivity contribution in [3.05, 3.63) is 50.6 Å². The van der Waals surface area contributed by atoms with Crippen LogP contribution >= 0.6 is 0 Å². The summed E-state index contributed by atoms with van der Waals surface area (Å²) in [7, 11) is 1.45. The first-order valence-corrected chi connectivity index (χ1v) is 6.87. The van der Waals surface area contributed by atoms with Crippen LogP contribution in [0.1, 0.15) is 12.0 Å². The first-order chi connectivity index (χ1) is 10.2. The third-order valence-corrected chi connectivity index (χ3v) is 4.07. The second-order valence-electron chi connectivity index (χ2n) is 5.21. The first kappa shape index (κ1) is 12.2. The molecule has 5 heteroatoms. The maximum atomic E-state index is 12.8. The fourth-order valence-electron chi connectivity index (χ4n) is 3.20. The van der Waals surface area contributed by atoms with Gasteiger partial charge in [-0.1, -0.05) is 12.1 Å². The van der Waals surface area contributed by atoms with Crippen molar-refractivity contribution in [3.8, 4) is 5.75 Å². The number of aromatic nitrogens is 1. The second-order valence-corrected chi connectivity index (χ2v) is 5.21. The van der Waals surface area contributed by atoms with Gasteiger partial charge in [0.25, 0.3) is 5.56 Å². The molecule has 0 saturated heterocycles. The van der Waals surface area contributed by atoms with Gasteiger partial charge in [-0.25, -0.2) is 4.79 Å². The summed E-state index contributed by atoms with van der Waals surface area (Å²) in [4.78, 5) is 24.5. The Morgan fingerprint density at radius 2 is 2.14 bits per heavy atom. The van der Waals surface area contributed by atoms with Gasteiger partial charge in [-0.3, -0.25) is 4.79 Å². The molecule has 21 heavy (non-hydrogen) atoms. The number of nitrogens with zero attached hydrogens (tertiary/aromatic N) is 1. The molecule has 2 aromatic heterocycles. The fourth-order valence-corrected chi connectivity index (χ4v) is 3.20. The van der Waals surface area contributed by atoms with Gasteiger partial charge in [0.2, 0.25) is 0 Å². The van der Waals surface area contributed by atoms with Crippen LogP contribution in [0.3, 0.4) is 0 Å². The SMILES string of the molecule is COc1cc(=O)oc2c1c(=O)n1c3c(cccc23)CCC1. The highest BCUT2D eigenvalue weighted by Crippen LogP contribution is 2.31. The van der Waals surface area contributed by atoms with E-state index in [0.717, 1.165) is 29.3 Å². The van der Waals surface area contributed by atoms with Crippen LogP contribution in [0.5, 0.6) is 5.75 Å². The molecule has 0 aliphatic carbocycles. The van der Waals surface area contributed by atoms with E-state index in [1.165, 1.54) is 13.2 Å². The van der Waals surface area contributed by atoms with Gasteiger partial charge in [0, 0.05) is 11.9 Å². The number of hydrogen-bond donors (Lipinski definition) is 0. The molecule has 0 atom stereocenters. The van der Waals surface area contributed by atoms with Crippen molar-refractivity contribution in [2.45, 2.75) is 19.4 Å². The highest BCUT2D eigenvalue weighted by atomic mass is 16.5. The molecule has 4 rings (SSSR count). The van der Waals surface area contributed by atoms with Crippen molar-refractivity contribution < 1.29 is 9.15 Å². The summed E-state index contributed by atoms with van der Waals surface area (Å²) in [5, 5.41) is 1.13. The lowest BCUT2D eigenvalue weighted by Crippen LogP contribution is -2.25. The Morgan fingerprint density at radius 3 is 2.95 bits per heavy atom. The molecule has 0 unspecified atom stereocenters. The fraction of sp³-hybridized carbons (Fsp3) is 0.250. The molecule has 0 fully saturated rings. The quantitative estimate of drug-likeness (QED) is 0.641. The Morgan fingerprint density at radius 1 is 1.29 bits per heavy atom. The highest BCUT2D eigenvalue weighted by Gasteiger charge is 2.21. The Kier molecular flexibility index (Phi) is 2.45. The average Bonchev–Trinajstić information content (AvgIpc) is 2.51. The maximum absolute atomic E-state index is 12.8. The van der Waals surface area contributed by atoms with E-state index < -0.39 is 5.63 Å². The van der Waals surface area contributed by atoms with Crippen molar-refractivity contribution in [3.63, 3.8) is 0 Å². The predicted octanol–water partition coefficient (Wildman–Crippen LogP) is 2.06. The number of methoxy groups -OCH3 is 1. The topological polar surface area (TPSA) is 61.4 Å². The summed E-state index contributed by atoms with van der Waals surface area (Å²) in [5.74, 6) is 0.271. The molecule has 0 amide bonds. The number of benzene rings is 1. The zero-order valence-corrected chi connectivity index (χ0v) is 11.5. The Labute approximate surface area is 119 Å². The molecule has 1 aliphatic rings. The molecule has 1 aromatic carbocycles. The maximum Gasteiger partial charge on any atom is 0.339 e. The average molecular weight is 283 g/mol. The van der Waals surface area contributed by atoms with Gasteiger partial charge in [-0.05, 0) is 24.5 Å². The minimum absolute atomic E-state index is 0.162. The van der Waals surface area contributed by atoms with Crippen LogP contribution in [0.2, 0.25) is 0 Å². The second kappa shape index (κ2) is 4.22. The number of para-hydroxylation sites is 1. The molecule has 3 aromatic rings. The molecule has 1 aliphatic heterocycles. The summed E-state index contributed by atoms with van der Waals surface area (Å²) in [6, 6.07) is 7.04. The third kappa shape index (κ3) is 1.57. The van der Waals surface area contributed by atoms with E-state index in [0.29, 0.717) is 17.5 Å². The monoisotopic (exact) mass is 283 g/mol. The van der Waals surface area contributed by atoms with Crippen molar-refractivity contribution in [2.75, 3.05) is 7.11 Å². The molecule has 5 nitrogen and oxygen atoms in total. The molecule has 0 N–H and O–H groups in total. The van der Waals surface area contributed by atoms with Crippen LogP contribution in [-0.4, -0.2) is 11.7 Å². The number of pyridine rings is 1. The lowest BCUT2D eigenvalue weighted by Gasteiger charge is -2.20. The minimum Gasteiger partial charge on any atom is -0.495 e. The standard InChI is InChI=1S/C16H13NO4/c1-20-11-8-12(18)21-15-10-6-2-4-9-5-3-7-17(14(9)10)16(19)13(11)15/h2,4,6,8H,3,5,7H2,1H3. The number of hydrogen-bond acceptors (Lipinski definition) is 4. The molecule has 0 spiro atoms. The number of rotatable bonds is 1. The van der Waals surface area contributed by atoms with Crippen LogP contribution < -0.4 is 15.9 Å². The first-order valence-electron chi connectivity index (χ1n) is 6.87. The van der Waals surface area contributed by atoms with Crippen LogP contribution in [-0.2, 0) is 13.0 Å². The van der Waals surface area contributed by atoms with E-state index >= 15 is 0 Å². The van der Waals surface area contributed by atoms with Gasteiger partial charge in [0.05, 0.1) is 18.7 Å². The van der Waals surface area contributed by atoms with E-state index in [4.69, 9.17) is 9.15 Å². The molecule has 3 heterocycles. The largest absolute Gasteiger partial charge is 0.495 e. The van der Waals surface area contributed by atoms with Crippen molar-refractivity contribution >= 4 is 21.9 Å². The van der Waals surface area contributed by atoms with Gasteiger partial charge >= 0.3 is 5.63 Å². The van der Waals surface area contributed by atoms with E-state index in [1.807, 2.05) is 18.2 Å². The van der Waals surface area contributed by atoms with Gasteiger partial charge in [-0.15, -0.1) is 0 Å². The molecular weight excluding hydrogens is 270 g/mol. The van der Waals surface area contributed by atoms with Crippen LogP contribution in [0.25, 0.3) is 21.9 Å². The molecule has 106 valence electrons. The third-order valence-electron chi connectivity index (χ3n) is 4.07. The Balaban J connectivity index is 2.38. The van der Waals surface area contributed by atoms with E-state index in [1.54, 1.807) is 4.57 Å². The van der Waals surface area contributed by atoms with Crippen molar-refractivity contribution in [2.24, 2.45) is 0 Å². The summed E-state index contributed by atoms with van der Waals surface area (Å²) in [5.41, 5.74) is 1.63. The molecule has 0 bridgehead atoms. The summed E-state index contributed by atoms with van der Waals surface area (Å²) in [6.07, 6.45) is 1.85. The van der Waals surface area contributed by atoms with Crippen molar-refractivity contribution in [1.82, 2.24) is 4.57 Å². The summed E-state index contributed by atoms with van der Waals surface area (Å²) >= 11 is 0. The van der Waals surface area contributed by atoms with E-state index in [9.17, 15) is 9.59 Å². The van der Waals surface area contributed by atoms with Crippen LogP contribution in [0.15, 0.2) is 38.3 Å². The minimum atomic E-state index is -0.514. The van der Waals surface area contributed by atoms with E-state index in [2.05, 4.69) is 0 Å². The Hall–Kier alpha value is -2.56. The van der Waals surface area contributed by atoms with Gasteiger partial charge in [0.15, 0.2) is 5.58 Å². The van der Waals surface area contributed by atoms with Crippen LogP contribution in [0, 0.1) is 0 Å². The number of ether oxygens (including phenoxy) is 1. The van der Waals surface area contributed by atoms with Gasteiger partial charge < -0.3 is 13.7 Å². The van der Waals surface area contributed by atoms with E-state index in [-0.39, 0.29) is 11.3 Å². The van der Waals surface area contributed by atoms with Crippen molar-refractivity contribution in [1.29, 1.82) is 0 Å². The molecular formula is C16H13NO4. The van der Waals surface area contributed by atoms with Crippen LogP contribution in [0.4, 0.5) is 0 Å². The zero-order valence-electron chi connectivity index (χ0n) is 11.5.